The summed E-state index contributed by atoms with van der Waals surface area (Å²) in [6, 6.07) is 9.55. The van der Waals surface area contributed by atoms with Crippen LogP contribution >= 0.6 is 0 Å². The van der Waals surface area contributed by atoms with Crippen molar-refractivity contribution < 1.29 is 4.74 Å². The van der Waals surface area contributed by atoms with Crippen molar-refractivity contribution in [2.75, 3.05) is 11.9 Å². The van der Waals surface area contributed by atoms with Crippen LogP contribution in [0.5, 0.6) is 0 Å². The first-order valence-corrected chi connectivity index (χ1v) is 8.48. The molecule has 1 heterocycles. The van der Waals surface area contributed by atoms with Gasteiger partial charge in [0, 0.05) is 18.3 Å². The van der Waals surface area contributed by atoms with Crippen LogP contribution in [-0.2, 0) is 10.2 Å². The van der Waals surface area contributed by atoms with E-state index in [1.165, 1.54) is 43.4 Å². The lowest BCUT2D eigenvalue weighted by atomic mass is 9.87. The zero-order valence-electron chi connectivity index (χ0n) is 13.7. The fraction of sp³-hybridized carbons (Fsp3) is 0.684. The summed E-state index contributed by atoms with van der Waals surface area (Å²) in [5, 5.41) is 3.73. The second-order valence-electron chi connectivity index (χ2n) is 7.90. The number of ether oxygens (including phenoxy) is 1. The third kappa shape index (κ3) is 3.42. The van der Waals surface area contributed by atoms with Crippen molar-refractivity contribution in [3.05, 3.63) is 29.8 Å². The molecule has 1 unspecified atom stereocenters. The summed E-state index contributed by atoms with van der Waals surface area (Å²) in [7, 11) is 0. The molecule has 1 aromatic carbocycles. The normalized spacial score (nSPS) is 25.2. The zero-order valence-corrected chi connectivity index (χ0v) is 13.7. The van der Waals surface area contributed by atoms with E-state index < -0.39 is 0 Å². The Kier molecular flexibility index (Phi) is 4.00. The minimum absolute atomic E-state index is 0.196. The topological polar surface area (TPSA) is 21.3 Å². The van der Waals surface area contributed by atoms with Gasteiger partial charge in [0.05, 0.1) is 5.60 Å². The molecule has 21 heavy (non-hydrogen) atoms. The molecular weight excluding hydrogens is 258 g/mol. The number of anilines is 1. The fourth-order valence-corrected chi connectivity index (χ4v) is 3.82. The van der Waals surface area contributed by atoms with Crippen molar-refractivity contribution >= 4 is 5.69 Å². The van der Waals surface area contributed by atoms with Crippen LogP contribution in [0.15, 0.2) is 24.3 Å². The molecule has 1 saturated heterocycles. The van der Waals surface area contributed by atoms with Gasteiger partial charge >= 0.3 is 0 Å². The summed E-state index contributed by atoms with van der Waals surface area (Å²) in [6.45, 7) is 7.70. The highest BCUT2D eigenvalue weighted by Crippen LogP contribution is 2.40. The third-order valence-electron chi connectivity index (χ3n) is 5.13. The predicted octanol–water partition coefficient (Wildman–Crippen LogP) is 4.89. The Hall–Kier alpha value is -1.02. The number of hydrogen-bond donors (Lipinski definition) is 1. The van der Waals surface area contributed by atoms with Crippen molar-refractivity contribution in [1.29, 1.82) is 0 Å². The molecule has 1 atom stereocenters. The molecule has 116 valence electrons. The standard InChI is InChI=1S/C19H29NO/c1-18(2,3)15-6-8-16(9-7-15)20-17-10-13-21-19(14-17)11-4-5-12-19/h6-9,17,20H,4-5,10-14H2,1-3H3. The summed E-state index contributed by atoms with van der Waals surface area (Å²) in [4.78, 5) is 0. The number of nitrogens with one attached hydrogen (secondary N) is 1. The molecule has 1 saturated carbocycles. The van der Waals surface area contributed by atoms with Gasteiger partial charge in [-0.3, -0.25) is 0 Å². The van der Waals surface area contributed by atoms with Crippen LogP contribution in [0.2, 0.25) is 0 Å². The summed E-state index contributed by atoms with van der Waals surface area (Å²) in [6.07, 6.45) is 7.50. The fourth-order valence-electron chi connectivity index (χ4n) is 3.82. The minimum atomic E-state index is 0.196. The Bertz CT molecular complexity index is 465. The van der Waals surface area contributed by atoms with Crippen molar-refractivity contribution in [3.63, 3.8) is 0 Å². The highest BCUT2D eigenvalue weighted by atomic mass is 16.5. The maximum absolute atomic E-state index is 6.12. The Morgan fingerprint density at radius 3 is 2.38 bits per heavy atom. The first-order valence-electron chi connectivity index (χ1n) is 8.48. The van der Waals surface area contributed by atoms with Gasteiger partial charge < -0.3 is 10.1 Å². The van der Waals surface area contributed by atoms with Crippen LogP contribution in [0, 0.1) is 0 Å². The second-order valence-corrected chi connectivity index (χ2v) is 7.90. The average Bonchev–Trinajstić information content (AvgIpc) is 2.86. The smallest absolute Gasteiger partial charge is 0.0702 e. The molecule has 1 aliphatic heterocycles. The van der Waals surface area contributed by atoms with E-state index in [1.54, 1.807) is 0 Å². The van der Waals surface area contributed by atoms with Crippen LogP contribution in [-0.4, -0.2) is 18.2 Å². The van der Waals surface area contributed by atoms with Gasteiger partial charge in [0.2, 0.25) is 0 Å². The molecule has 1 spiro atoms. The van der Waals surface area contributed by atoms with Gasteiger partial charge in [-0.1, -0.05) is 45.7 Å². The largest absolute Gasteiger partial charge is 0.382 e. The van der Waals surface area contributed by atoms with Gasteiger partial charge in [0.15, 0.2) is 0 Å². The molecule has 0 bridgehead atoms. The maximum atomic E-state index is 6.12. The minimum Gasteiger partial charge on any atom is -0.382 e. The van der Waals surface area contributed by atoms with E-state index in [0.717, 1.165) is 13.0 Å². The predicted molar refractivity (Wildman–Crippen MR) is 88.9 cm³/mol. The molecule has 1 N–H and O–H groups in total. The quantitative estimate of drug-likeness (QED) is 0.836. The van der Waals surface area contributed by atoms with Crippen LogP contribution in [0.25, 0.3) is 0 Å². The van der Waals surface area contributed by atoms with Crippen LogP contribution in [0.1, 0.15) is 64.9 Å². The van der Waals surface area contributed by atoms with Gasteiger partial charge in [0.25, 0.3) is 0 Å². The lowest BCUT2D eigenvalue weighted by molar-refractivity contribution is -0.0767. The van der Waals surface area contributed by atoms with E-state index in [1.807, 2.05) is 0 Å². The molecule has 2 nitrogen and oxygen atoms in total. The molecule has 2 fully saturated rings. The van der Waals surface area contributed by atoms with Crippen LogP contribution in [0.4, 0.5) is 5.69 Å². The van der Waals surface area contributed by atoms with Gasteiger partial charge in [-0.05, 0) is 48.8 Å². The van der Waals surface area contributed by atoms with Crippen molar-refractivity contribution in [2.45, 2.75) is 76.4 Å². The lowest BCUT2D eigenvalue weighted by Crippen LogP contribution is -2.42. The lowest BCUT2D eigenvalue weighted by Gasteiger charge is -2.39. The van der Waals surface area contributed by atoms with Crippen LogP contribution in [0.3, 0.4) is 0 Å². The van der Waals surface area contributed by atoms with E-state index in [4.69, 9.17) is 4.74 Å². The molecule has 0 radical (unpaired) electrons. The summed E-state index contributed by atoms with van der Waals surface area (Å²) in [5.74, 6) is 0. The zero-order chi connectivity index (χ0) is 14.9. The molecular formula is C19H29NO. The molecule has 2 aliphatic rings. The maximum Gasteiger partial charge on any atom is 0.0702 e. The van der Waals surface area contributed by atoms with E-state index in [-0.39, 0.29) is 11.0 Å². The first-order chi connectivity index (χ1) is 9.97. The van der Waals surface area contributed by atoms with Crippen molar-refractivity contribution in [3.8, 4) is 0 Å². The molecule has 0 aromatic heterocycles. The summed E-state index contributed by atoms with van der Waals surface area (Å²) < 4.78 is 6.12. The Labute approximate surface area is 129 Å². The number of hydrogen-bond acceptors (Lipinski definition) is 2. The van der Waals surface area contributed by atoms with Gasteiger partial charge in [0.1, 0.15) is 0 Å². The van der Waals surface area contributed by atoms with E-state index in [2.05, 4.69) is 50.4 Å². The van der Waals surface area contributed by atoms with E-state index in [0.29, 0.717) is 6.04 Å². The molecule has 3 rings (SSSR count). The monoisotopic (exact) mass is 287 g/mol. The first kappa shape index (κ1) is 14.9. The van der Waals surface area contributed by atoms with Crippen LogP contribution < -0.4 is 5.32 Å². The average molecular weight is 287 g/mol. The third-order valence-corrected chi connectivity index (χ3v) is 5.13. The Morgan fingerprint density at radius 2 is 1.76 bits per heavy atom. The molecule has 1 aliphatic carbocycles. The van der Waals surface area contributed by atoms with E-state index in [9.17, 15) is 0 Å². The Balaban J connectivity index is 1.63. The number of rotatable bonds is 2. The number of benzene rings is 1. The molecule has 1 aromatic rings. The SMILES string of the molecule is CC(C)(C)c1ccc(NC2CCOC3(CCCC3)C2)cc1. The molecule has 0 amide bonds. The van der Waals surface area contributed by atoms with Crippen molar-refractivity contribution in [2.24, 2.45) is 0 Å². The highest BCUT2D eigenvalue weighted by Gasteiger charge is 2.39. The highest BCUT2D eigenvalue weighted by molar-refractivity contribution is 5.46. The second kappa shape index (κ2) is 5.64. The summed E-state index contributed by atoms with van der Waals surface area (Å²) in [5.41, 5.74) is 3.07. The van der Waals surface area contributed by atoms with Gasteiger partial charge in [-0.25, -0.2) is 0 Å². The van der Waals surface area contributed by atoms with Crippen molar-refractivity contribution in [1.82, 2.24) is 0 Å². The van der Waals surface area contributed by atoms with E-state index >= 15 is 0 Å². The Morgan fingerprint density at radius 1 is 1.10 bits per heavy atom. The van der Waals surface area contributed by atoms with Gasteiger partial charge in [-0.2, -0.15) is 0 Å². The van der Waals surface area contributed by atoms with Gasteiger partial charge in [-0.15, -0.1) is 0 Å². The summed E-state index contributed by atoms with van der Waals surface area (Å²) >= 11 is 0. The molecule has 2 heteroatoms.